The van der Waals surface area contributed by atoms with Gasteiger partial charge in [0, 0.05) is 12.5 Å². The van der Waals surface area contributed by atoms with Crippen molar-refractivity contribution >= 4 is 18.1 Å². The first kappa shape index (κ1) is 9.72. The van der Waals surface area contributed by atoms with Crippen molar-refractivity contribution in [3.05, 3.63) is 15.3 Å². The number of carbonyl (C=O) groups is 1. The van der Waals surface area contributed by atoms with Crippen molar-refractivity contribution in [2.75, 3.05) is 0 Å². The molecule has 1 aromatic rings. The quantitative estimate of drug-likeness (QED) is 0.585. The van der Waals surface area contributed by atoms with Crippen LogP contribution in [0.25, 0.3) is 0 Å². The number of aromatic amines is 2. The lowest BCUT2D eigenvalue weighted by atomic mass is 10.2. The predicted octanol–water partition coefficient (Wildman–Crippen LogP) is -0.330. The summed E-state index contributed by atoms with van der Waals surface area (Å²) in [6, 6.07) is -0.319. The van der Waals surface area contributed by atoms with Crippen LogP contribution in [-0.4, -0.2) is 20.7 Å². The number of primary amides is 1. The number of H-pyrrole nitrogens is 2. The van der Waals surface area contributed by atoms with Gasteiger partial charge in [-0.3, -0.25) is 14.5 Å². The van der Waals surface area contributed by atoms with E-state index in [-0.39, 0.29) is 22.9 Å². The zero-order valence-electron chi connectivity index (χ0n) is 7.03. The Morgan fingerprint density at radius 3 is 2.69 bits per heavy atom. The number of nitrogens with zero attached hydrogens (tertiary/aromatic N) is 1. The second-order valence-electron chi connectivity index (χ2n) is 2.75. The van der Waals surface area contributed by atoms with E-state index in [1.807, 2.05) is 0 Å². The molecule has 0 aliphatic rings. The third kappa shape index (κ3) is 2.05. The summed E-state index contributed by atoms with van der Waals surface area (Å²) in [5.74, 6) is -0.463. The van der Waals surface area contributed by atoms with E-state index in [2.05, 4.69) is 10.2 Å². The van der Waals surface area contributed by atoms with Crippen LogP contribution in [0.5, 0.6) is 0 Å². The monoisotopic (exact) mass is 202 g/mol. The Kier molecular flexibility index (Phi) is 2.66. The molecule has 1 heterocycles. The molecule has 13 heavy (non-hydrogen) atoms. The van der Waals surface area contributed by atoms with Gasteiger partial charge >= 0.3 is 5.69 Å². The molecule has 0 saturated heterocycles. The first-order valence-corrected chi connectivity index (χ1v) is 4.10. The van der Waals surface area contributed by atoms with E-state index in [1.165, 1.54) is 4.57 Å². The summed E-state index contributed by atoms with van der Waals surface area (Å²) in [6.45, 7) is 1.70. The first-order chi connectivity index (χ1) is 6.02. The van der Waals surface area contributed by atoms with Gasteiger partial charge in [-0.15, -0.1) is 0 Å². The van der Waals surface area contributed by atoms with Gasteiger partial charge in [-0.1, -0.05) is 0 Å². The molecule has 6 nitrogen and oxygen atoms in total. The summed E-state index contributed by atoms with van der Waals surface area (Å²) >= 11 is 4.83. The van der Waals surface area contributed by atoms with Crippen LogP contribution in [-0.2, 0) is 4.79 Å². The summed E-state index contributed by atoms with van der Waals surface area (Å²) < 4.78 is 1.54. The molecule has 1 atom stereocenters. The van der Waals surface area contributed by atoms with Crippen molar-refractivity contribution in [3.63, 3.8) is 0 Å². The maximum absolute atomic E-state index is 11.1. The molecule has 72 valence electrons. The molecule has 0 aliphatic carbocycles. The number of nitrogens with one attached hydrogen (secondary N) is 2. The van der Waals surface area contributed by atoms with Crippen LogP contribution >= 0.6 is 12.2 Å². The molecule has 1 rings (SSSR count). The van der Waals surface area contributed by atoms with Crippen LogP contribution in [0.15, 0.2) is 4.79 Å². The van der Waals surface area contributed by atoms with Crippen molar-refractivity contribution in [1.82, 2.24) is 14.8 Å². The van der Waals surface area contributed by atoms with Gasteiger partial charge in [-0.25, -0.2) is 9.89 Å². The van der Waals surface area contributed by atoms with Crippen LogP contribution in [0.3, 0.4) is 0 Å². The zero-order chi connectivity index (χ0) is 10.0. The fraction of sp³-hybridized carbons (Fsp3) is 0.500. The number of nitrogens with two attached hydrogens (primary N) is 1. The van der Waals surface area contributed by atoms with E-state index in [4.69, 9.17) is 18.0 Å². The van der Waals surface area contributed by atoms with Gasteiger partial charge in [0.25, 0.3) is 0 Å². The molecule has 1 unspecified atom stereocenters. The molecular formula is C6H10N4O2S. The number of hydrogen-bond acceptors (Lipinski definition) is 3. The molecule has 0 saturated carbocycles. The van der Waals surface area contributed by atoms with Crippen LogP contribution < -0.4 is 11.4 Å². The SMILES string of the molecule is CC(CC(N)=O)n1c(=O)[nH][nH]c1=S. The highest BCUT2D eigenvalue weighted by molar-refractivity contribution is 7.71. The molecule has 0 radical (unpaired) electrons. The molecule has 0 fully saturated rings. The van der Waals surface area contributed by atoms with E-state index >= 15 is 0 Å². The molecule has 0 bridgehead atoms. The van der Waals surface area contributed by atoms with Crippen LogP contribution in [0.4, 0.5) is 0 Å². The summed E-state index contributed by atoms with van der Waals surface area (Å²) in [5.41, 5.74) is 4.63. The number of carbonyl (C=O) groups excluding carboxylic acids is 1. The standard InChI is InChI=1S/C6H10N4O2S/c1-3(2-4(7)11)10-5(12)8-9-6(10)13/h3H,2H2,1H3,(H2,7,11)(H,8,12)(H,9,13). The minimum atomic E-state index is -0.463. The van der Waals surface area contributed by atoms with E-state index in [9.17, 15) is 9.59 Å². The Hall–Kier alpha value is -1.37. The second-order valence-corrected chi connectivity index (χ2v) is 3.14. The fourth-order valence-corrected chi connectivity index (χ4v) is 1.42. The third-order valence-electron chi connectivity index (χ3n) is 1.65. The lowest BCUT2D eigenvalue weighted by molar-refractivity contribution is -0.118. The highest BCUT2D eigenvalue weighted by atomic mass is 32.1. The third-order valence-corrected chi connectivity index (χ3v) is 1.95. The molecular weight excluding hydrogens is 192 g/mol. The summed E-state index contributed by atoms with van der Waals surface area (Å²) in [7, 11) is 0. The minimum Gasteiger partial charge on any atom is -0.370 e. The van der Waals surface area contributed by atoms with Gasteiger partial charge in [-0.05, 0) is 19.1 Å². The Labute approximate surface area is 78.7 Å². The van der Waals surface area contributed by atoms with Crippen molar-refractivity contribution < 1.29 is 4.79 Å². The van der Waals surface area contributed by atoms with E-state index in [0.29, 0.717) is 0 Å². The van der Waals surface area contributed by atoms with Gasteiger partial charge in [0.15, 0.2) is 4.77 Å². The predicted molar refractivity (Wildman–Crippen MR) is 48.8 cm³/mol. The smallest absolute Gasteiger partial charge is 0.342 e. The number of hydrogen-bond donors (Lipinski definition) is 3. The normalized spacial score (nSPS) is 12.7. The molecule has 7 heteroatoms. The maximum atomic E-state index is 11.1. The summed E-state index contributed by atoms with van der Waals surface area (Å²) in [5, 5.41) is 4.80. The van der Waals surface area contributed by atoms with Crippen molar-refractivity contribution in [3.8, 4) is 0 Å². The highest BCUT2D eigenvalue weighted by Crippen LogP contribution is 2.06. The lowest BCUT2D eigenvalue weighted by Crippen LogP contribution is -2.24. The molecule has 4 N–H and O–H groups in total. The highest BCUT2D eigenvalue weighted by Gasteiger charge is 2.11. The van der Waals surface area contributed by atoms with Gasteiger partial charge in [0.05, 0.1) is 0 Å². The van der Waals surface area contributed by atoms with E-state index < -0.39 is 5.91 Å². The largest absolute Gasteiger partial charge is 0.370 e. The van der Waals surface area contributed by atoms with Crippen LogP contribution in [0, 0.1) is 4.77 Å². The summed E-state index contributed by atoms with van der Waals surface area (Å²) in [4.78, 5) is 21.7. The van der Waals surface area contributed by atoms with Crippen LogP contribution in [0.1, 0.15) is 19.4 Å². The average molecular weight is 202 g/mol. The molecule has 1 amide bonds. The fourth-order valence-electron chi connectivity index (χ4n) is 1.10. The molecule has 0 spiro atoms. The van der Waals surface area contributed by atoms with E-state index in [0.717, 1.165) is 0 Å². The Bertz CT molecular complexity index is 387. The zero-order valence-corrected chi connectivity index (χ0v) is 7.85. The topological polar surface area (TPSA) is 96.7 Å². The lowest BCUT2D eigenvalue weighted by Gasteiger charge is -2.07. The Morgan fingerprint density at radius 1 is 1.69 bits per heavy atom. The molecule has 0 aromatic carbocycles. The molecule has 0 aliphatic heterocycles. The number of aromatic nitrogens is 3. The minimum absolute atomic E-state index is 0.0925. The van der Waals surface area contributed by atoms with Gasteiger partial charge < -0.3 is 5.73 Å². The second kappa shape index (κ2) is 3.56. The first-order valence-electron chi connectivity index (χ1n) is 3.70. The average Bonchev–Trinajstić information content (AvgIpc) is 2.29. The van der Waals surface area contributed by atoms with Crippen molar-refractivity contribution in [1.29, 1.82) is 0 Å². The number of amides is 1. The Balaban J connectivity index is 3.01. The van der Waals surface area contributed by atoms with Gasteiger partial charge in [-0.2, -0.15) is 0 Å². The van der Waals surface area contributed by atoms with E-state index in [1.54, 1.807) is 6.92 Å². The molecule has 1 aromatic heterocycles. The van der Waals surface area contributed by atoms with Crippen molar-refractivity contribution in [2.45, 2.75) is 19.4 Å². The maximum Gasteiger partial charge on any atom is 0.342 e. The Morgan fingerprint density at radius 2 is 2.31 bits per heavy atom. The van der Waals surface area contributed by atoms with Crippen molar-refractivity contribution in [2.24, 2.45) is 5.73 Å². The number of rotatable bonds is 3. The van der Waals surface area contributed by atoms with Gasteiger partial charge in [0.1, 0.15) is 0 Å². The van der Waals surface area contributed by atoms with Gasteiger partial charge in [0.2, 0.25) is 5.91 Å². The summed E-state index contributed by atoms with van der Waals surface area (Å²) in [6.07, 6.45) is 0.0925. The van der Waals surface area contributed by atoms with Crippen LogP contribution in [0.2, 0.25) is 0 Å².